The van der Waals surface area contributed by atoms with Crippen molar-refractivity contribution in [3.63, 3.8) is 0 Å². The number of imide groups is 1. The van der Waals surface area contributed by atoms with E-state index >= 15 is 0 Å². The Morgan fingerprint density at radius 1 is 1.09 bits per heavy atom. The molecule has 0 unspecified atom stereocenters. The fraction of sp³-hybridized carbons (Fsp3) is 0.333. The molecule has 1 aliphatic carbocycles. The smallest absolute Gasteiger partial charge is 0.293 e. The van der Waals surface area contributed by atoms with Gasteiger partial charge in [-0.05, 0) is 117 Å². The Bertz CT molecular complexity index is 1120. The molecule has 7 nitrogen and oxygen atoms in total. The van der Waals surface area contributed by atoms with Crippen LogP contribution in [0, 0.1) is 23.2 Å². The summed E-state index contributed by atoms with van der Waals surface area (Å²) in [5.41, 5.74) is 1.70. The number of benzene rings is 2. The monoisotopic (exact) mass is 704 g/mol. The van der Waals surface area contributed by atoms with Crippen molar-refractivity contribution in [3.8, 4) is 5.75 Å². The number of hydrogen-bond acceptors (Lipinski definition) is 6. The lowest BCUT2D eigenvalue weighted by Gasteiger charge is -2.25. The summed E-state index contributed by atoms with van der Waals surface area (Å²) in [6.07, 6.45) is 7.52. The minimum Gasteiger partial charge on any atom is -0.487 e. The summed E-state index contributed by atoms with van der Waals surface area (Å²) in [6.45, 7) is 0.801. The molecule has 2 aromatic carbocycles. The zero-order valence-corrected chi connectivity index (χ0v) is 23.3. The van der Waals surface area contributed by atoms with Crippen LogP contribution in [0.2, 0.25) is 0 Å². The number of hydrogen-bond donors (Lipinski definition) is 0. The van der Waals surface area contributed by atoms with Gasteiger partial charge in [0.25, 0.3) is 16.8 Å². The largest absolute Gasteiger partial charge is 0.487 e. The van der Waals surface area contributed by atoms with Gasteiger partial charge in [-0.3, -0.25) is 24.6 Å². The van der Waals surface area contributed by atoms with Crippen molar-refractivity contribution in [1.29, 1.82) is 0 Å². The molecule has 1 saturated heterocycles. The minimum absolute atomic E-state index is 0.0421. The summed E-state index contributed by atoms with van der Waals surface area (Å²) >= 11 is 5.38. The molecule has 0 aromatic heterocycles. The lowest BCUT2D eigenvalue weighted by Crippen LogP contribution is -2.34. The van der Waals surface area contributed by atoms with E-state index in [1.165, 1.54) is 36.3 Å². The Kier molecular flexibility index (Phi) is 8.51. The summed E-state index contributed by atoms with van der Waals surface area (Å²) in [4.78, 5) is 37.6. The van der Waals surface area contributed by atoms with Gasteiger partial charge in [0.1, 0.15) is 12.4 Å². The van der Waals surface area contributed by atoms with E-state index in [2.05, 4.69) is 45.2 Å². The van der Waals surface area contributed by atoms with Gasteiger partial charge < -0.3 is 4.74 Å². The first-order valence-corrected chi connectivity index (χ1v) is 13.9. The Labute approximate surface area is 229 Å². The lowest BCUT2D eigenvalue weighted by atomic mass is 9.89. The average Bonchev–Trinajstić information content (AvgIpc) is 3.07. The zero-order valence-electron chi connectivity index (χ0n) is 18.2. The Morgan fingerprint density at radius 3 is 2.35 bits per heavy atom. The molecule has 0 atom stereocenters. The Balaban J connectivity index is 1.44. The average molecular weight is 704 g/mol. The maximum Gasteiger partial charge on any atom is 0.293 e. The van der Waals surface area contributed by atoms with Crippen LogP contribution in [0.1, 0.15) is 43.2 Å². The predicted octanol–water partition coefficient (Wildman–Crippen LogP) is 7.00. The first-order valence-electron chi connectivity index (χ1n) is 10.9. The van der Waals surface area contributed by atoms with Crippen LogP contribution in [0.25, 0.3) is 6.08 Å². The summed E-state index contributed by atoms with van der Waals surface area (Å²) in [7, 11) is 0. The Morgan fingerprint density at radius 2 is 1.74 bits per heavy atom. The SMILES string of the molecule is O=C1S/C(=C/c2cc(I)c(OCc3ccc([N+](=O)[O-])cc3)c(I)c2)C(=O)N1CC1CCCCC1. The van der Waals surface area contributed by atoms with Crippen LogP contribution >= 0.6 is 56.9 Å². The number of nitro groups is 1. The van der Waals surface area contributed by atoms with Crippen LogP contribution in [-0.4, -0.2) is 27.5 Å². The van der Waals surface area contributed by atoms with Crippen molar-refractivity contribution in [2.45, 2.75) is 38.7 Å². The maximum atomic E-state index is 12.9. The molecule has 178 valence electrons. The van der Waals surface area contributed by atoms with Crippen LogP contribution in [0.3, 0.4) is 0 Å². The van der Waals surface area contributed by atoms with E-state index in [1.54, 1.807) is 18.2 Å². The summed E-state index contributed by atoms with van der Waals surface area (Å²) < 4.78 is 7.73. The second-order valence-corrected chi connectivity index (χ2v) is 11.6. The van der Waals surface area contributed by atoms with Gasteiger partial charge in [-0.1, -0.05) is 19.3 Å². The second kappa shape index (κ2) is 11.4. The van der Waals surface area contributed by atoms with Gasteiger partial charge in [0.2, 0.25) is 0 Å². The quantitative estimate of drug-likeness (QED) is 0.134. The van der Waals surface area contributed by atoms with E-state index in [1.807, 2.05) is 12.1 Å². The molecule has 1 aliphatic heterocycles. The van der Waals surface area contributed by atoms with E-state index < -0.39 is 4.92 Å². The number of thioether (sulfide) groups is 1. The second-order valence-electron chi connectivity index (χ2n) is 8.32. The third-order valence-corrected chi connectivity index (χ3v) is 8.40. The standard InChI is InChI=1S/C24H22I2N2O5S/c25-19-10-17(11-20(26)22(19)33-14-16-6-8-18(9-7-16)28(31)32)12-21-23(29)27(24(30)34-21)13-15-4-2-1-3-5-15/h6-12,15H,1-5,13-14H2/b21-12+. The van der Waals surface area contributed by atoms with Gasteiger partial charge >= 0.3 is 0 Å². The highest BCUT2D eigenvalue weighted by Crippen LogP contribution is 2.36. The van der Waals surface area contributed by atoms with E-state index in [0.29, 0.717) is 23.1 Å². The van der Waals surface area contributed by atoms with Gasteiger partial charge in [-0.15, -0.1) is 0 Å². The molecule has 0 bridgehead atoms. The maximum absolute atomic E-state index is 12.9. The van der Waals surface area contributed by atoms with Crippen molar-refractivity contribution in [2.75, 3.05) is 6.54 Å². The number of non-ortho nitro benzene ring substituents is 1. The zero-order chi connectivity index (χ0) is 24.2. The molecule has 2 amide bonds. The lowest BCUT2D eigenvalue weighted by molar-refractivity contribution is -0.384. The van der Waals surface area contributed by atoms with E-state index in [0.717, 1.165) is 42.9 Å². The Hall–Kier alpha value is -1.67. The summed E-state index contributed by atoms with van der Waals surface area (Å²) in [5, 5.41) is 10.6. The van der Waals surface area contributed by atoms with Gasteiger partial charge in [-0.2, -0.15) is 0 Å². The van der Waals surface area contributed by atoms with Crippen molar-refractivity contribution in [3.05, 3.63) is 69.7 Å². The molecule has 34 heavy (non-hydrogen) atoms. The van der Waals surface area contributed by atoms with Crippen LogP contribution in [0.5, 0.6) is 5.75 Å². The van der Waals surface area contributed by atoms with Crippen molar-refractivity contribution in [1.82, 2.24) is 4.90 Å². The molecule has 1 heterocycles. The first kappa shape index (κ1) is 25.4. The first-order chi connectivity index (χ1) is 16.3. The van der Waals surface area contributed by atoms with Gasteiger partial charge in [-0.25, -0.2) is 0 Å². The summed E-state index contributed by atoms with van der Waals surface area (Å²) in [6, 6.07) is 10.1. The molecule has 0 N–H and O–H groups in total. The molecule has 1 saturated carbocycles. The number of halogens is 2. The fourth-order valence-electron chi connectivity index (χ4n) is 4.11. The van der Waals surface area contributed by atoms with Crippen LogP contribution in [0.15, 0.2) is 41.3 Å². The normalized spacial score (nSPS) is 18.1. The molecule has 0 spiro atoms. The number of amides is 2. The molecular formula is C24H22I2N2O5S. The highest BCUT2D eigenvalue weighted by Gasteiger charge is 2.36. The number of nitrogens with zero attached hydrogens (tertiary/aromatic N) is 2. The van der Waals surface area contributed by atoms with E-state index in [-0.39, 0.29) is 23.4 Å². The van der Waals surface area contributed by atoms with Crippen molar-refractivity contribution < 1.29 is 19.2 Å². The predicted molar refractivity (Wildman–Crippen MR) is 149 cm³/mol. The number of ether oxygens (including phenoxy) is 1. The molecule has 2 fully saturated rings. The number of carbonyl (C=O) groups excluding carboxylic acids is 2. The molecule has 2 aliphatic rings. The minimum atomic E-state index is -0.431. The molecule has 4 rings (SSSR count). The number of rotatable bonds is 7. The van der Waals surface area contributed by atoms with Gasteiger partial charge in [0.05, 0.1) is 17.0 Å². The molecule has 0 radical (unpaired) electrons. The molecule has 10 heteroatoms. The number of nitro benzene ring substituents is 1. The van der Waals surface area contributed by atoms with Crippen LogP contribution in [-0.2, 0) is 11.4 Å². The topological polar surface area (TPSA) is 89.7 Å². The van der Waals surface area contributed by atoms with Crippen LogP contribution in [0.4, 0.5) is 10.5 Å². The van der Waals surface area contributed by atoms with Crippen LogP contribution < -0.4 is 4.74 Å². The van der Waals surface area contributed by atoms with Gasteiger partial charge in [0.15, 0.2) is 0 Å². The van der Waals surface area contributed by atoms with Crippen molar-refractivity contribution in [2.24, 2.45) is 5.92 Å². The van der Waals surface area contributed by atoms with E-state index in [9.17, 15) is 19.7 Å². The highest BCUT2D eigenvalue weighted by molar-refractivity contribution is 14.1. The fourth-order valence-corrected chi connectivity index (χ4v) is 7.08. The third-order valence-electron chi connectivity index (χ3n) is 5.89. The highest BCUT2D eigenvalue weighted by atomic mass is 127. The van der Waals surface area contributed by atoms with E-state index in [4.69, 9.17) is 4.74 Å². The number of carbonyl (C=O) groups is 2. The van der Waals surface area contributed by atoms with Crippen molar-refractivity contribution >= 4 is 79.9 Å². The summed E-state index contributed by atoms with van der Waals surface area (Å²) in [5.74, 6) is 0.918. The molecule has 2 aromatic rings. The third kappa shape index (κ3) is 6.11. The molecular weight excluding hydrogens is 682 g/mol. The van der Waals surface area contributed by atoms with Gasteiger partial charge in [0, 0.05) is 18.7 Å².